The minimum Gasteiger partial charge on any atom is -0.494 e. The molecule has 3 rings (SSSR count). The fourth-order valence-corrected chi connectivity index (χ4v) is 3.34. The van der Waals surface area contributed by atoms with E-state index < -0.39 is 0 Å². The zero-order valence-corrected chi connectivity index (χ0v) is 12.9. The third kappa shape index (κ3) is 2.68. The number of ether oxygens (including phenoxy) is 1. The van der Waals surface area contributed by atoms with E-state index in [1.807, 2.05) is 30.3 Å². The summed E-state index contributed by atoms with van der Waals surface area (Å²) in [5, 5.41) is 3.75. The minimum absolute atomic E-state index is 0.203. The molecule has 21 heavy (non-hydrogen) atoms. The molecule has 0 aliphatic heterocycles. The summed E-state index contributed by atoms with van der Waals surface area (Å²) in [7, 11) is 1.64. The van der Waals surface area contributed by atoms with E-state index in [9.17, 15) is 0 Å². The van der Waals surface area contributed by atoms with E-state index in [-0.39, 0.29) is 5.11 Å². The van der Waals surface area contributed by atoms with Crippen molar-refractivity contribution in [2.45, 2.75) is 0 Å². The van der Waals surface area contributed by atoms with Gasteiger partial charge in [-0.2, -0.15) is 0 Å². The van der Waals surface area contributed by atoms with Crippen LogP contribution < -0.4 is 15.8 Å². The number of nitrogens with one attached hydrogen (secondary N) is 1. The number of rotatable bonds is 3. The maximum Gasteiger partial charge on any atom is 0.190 e. The molecule has 2 aromatic carbocycles. The molecule has 0 bridgehead atoms. The number of methoxy groups -OCH3 is 1. The Balaban J connectivity index is 2.22. The molecule has 1 heterocycles. The fourth-order valence-electron chi connectivity index (χ4n) is 2.15. The van der Waals surface area contributed by atoms with E-state index in [0.717, 1.165) is 27.1 Å². The molecule has 4 nitrogen and oxygen atoms in total. The molecule has 1 aromatic heterocycles. The van der Waals surface area contributed by atoms with Crippen molar-refractivity contribution < 1.29 is 4.74 Å². The van der Waals surface area contributed by atoms with Crippen molar-refractivity contribution in [3.8, 4) is 16.9 Å². The molecule has 106 valence electrons. The van der Waals surface area contributed by atoms with Gasteiger partial charge in [0.1, 0.15) is 11.3 Å². The molecular weight excluding hydrogens is 302 g/mol. The summed E-state index contributed by atoms with van der Waals surface area (Å²) in [6.07, 6.45) is 0. The summed E-state index contributed by atoms with van der Waals surface area (Å²) in [6.45, 7) is 0. The highest BCUT2D eigenvalue weighted by Crippen LogP contribution is 2.39. The van der Waals surface area contributed by atoms with Gasteiger partial charge in [0.25, 0.3) is 0 Å². The number of aromatic nitrogens is 1. The number of fused-ring (bicyclic) bond motifs is 1. The second kappa shape index (κ2) is 5.67. The molecule has 0 saturated heterocycles. The molecule has 0 radical (unpaired) electrons. The molecule has 6 heteroatoms. The highest BCUT2D eigenvalue weighted by Gasteiger charge is 2.14. The van der Waals surface area contributed by atoms with E-state index in [4.69, 9.17) is 22.7 Å². The van der Waals surface area contributed by atoms with Crippen molar-refractivity contribution in [1.29, 1.82) is 0 Å². The van der Waals surface area contributed by atoms with Crippen molar-refractivity contribution in [2.75, 3.05) is 12.4 Å². The molecule has 3 N–H and O–H groups in total. The Bertz CT molecular complexity index is 799. The van der Waals surface area contributed by atoms with E-state index in [1.165, 1.54) is 11.3 Å². The zero-order chi connectivity index (χ0) is 14.8. The summed E-state index contributed by atoms with van der Waals surface area (Å²) in [4.78, 5) is 4.52. The first-order chi connectivity index (χ1) is 10.2. The average Bonchev–Trinajstić information content (AvgIpc) is 2.89. The maximum atomic E-state index is 5.52. The normalized spacial score (nSPS) is 10.5. The Morgan fingerprint density at radius 3 is 2.67 bits per heavy atom. The Labute approximate surface area is 131 Å². The third-order valence-corrected chi connectivity index (χ3v) is 4.15. The van der Waals surface area contributed by atoms with Crippen molar-refractivity contribution in [1.82, 2.24) is 4.98 Å². The lowest BCUT2D eigenvalue weighted by Crippen LogP contribution is -2.18. The zero-order valence-electron chi connectivity index (χ0n) is 11.3. The summed E-state index contributed by atoms with van der Waals surface area (Å²) >= 11 is 6.38. The Morgan fingerprint density at radius 2 is 2.00 bits per heavy atom. The van der Waals surface area contributed by atoms with Gasteiger partial charge in [-0.3, -0.25) is 0 Å². The first-order valence-electron chi connectivity index (χ1n) is 6.28. The van der Waals surface area contributed by atoms with Crippen LogP contribution in [-0.4, -0.2) is 17.2 Å². The van der Waals surface area contributed by atoms with Gasteiger partial charge in [-0.15, -0.1) is 0 Å². The molecule has 0 fully saturated rings. The van der Waals surface area contributed by atoms with Crippen molar-refractivity contribution >= 4 is 44.0 Å². The van der Waals surface area contributed by atoms with Crippen LogP contribution in [0.2, 0.25) is 0 Å². The Kier molecular flexibility index (Phi) is 3.72. The van der Waals surface area contributed by atoms with Crippen molar-refractivity contribution in [2.24, 2.45) is 5.73 Å². The van der Waals surface area contributed by atoms with E-state index >= 15 is 0 Å². The molecule has 0 spiro atoms. The number of thiocarbonyl (C=S) groups is 1. The van der Waals surface area contributed by atoms with E-state index in [1.54, 1.807) is 7.11 Å². The Hall–Kier alpha value is -2.18. The monoisotopic (exact) mass is 315 g/mol. The van der Waals surface area contributed by atoms with Gasteiger partial charge in [-0.05, 0) is 29.9 Å². The summed E-state index contributed by atoms with van der Waals surface area (Å²) in [6, 6.07) is 14.1. The number of anilines is 1. The van der Waals surface area contributed by atoms with Crippen LogP contribution >= 0.6 is 23.6 Å². The first-order valence-corrected chi connectivity index (χ1v) is 7.51. The maximum absolute atomic E-state index is 5.52. The van der Waals surface area contributed by atoms with Crippen LogP contribution in [0.4, 0.5) is 5.13 Å². The third-order valence-electron chi connectivity index (χ3n) is 3.04. The van der Waals surface area contributed by atoms with Crippen LogP contribution in [0.15, 0.2) is 42.5 Å². The van der Waals surface area contributed by atoms with Crippen LogP contribution in [-0.2, 0) is 0 Å². The second-order valence-electron chi connectivity index (χ2n) is 4.37. The number of hydrogen-bond donors (Lipinski definition) is 2. The number of nitrogens with zero attached hydrogens (tertiary/aromatic N) is 1. The van der Waals surface area contributed by atoms with Gasteiger partial charge in [-0.25, -0.2) is 4.98 Å². The van der Waals surface area contributed by atoms with Crippen LogP contribution in [0.25, 0.3) is 21.3 Å². The van der Waals surface area contributed by atoms with Gasteiger partial charge in [0, 0.05) is 5.56 Å². The van der Waals surface area contributed by atoms with Gasteiger partial charge in [-0.1, -0.05) is 41.7 Å². The predicted molar refractivity (Wildman–Crippen MR) is 92.0 cm³/mol. The molecule has 0 unspecified atom stereocenters. The largest absolute Gasteiger partial charge is 0.494 e. The smallest absolute Gasteiger partial charge is 0.190 e. The second-order valence-corrected chi connectivity index (χ2v) is 5.81. The lowest BCUT2D eigenvalue weighted by Gasteiger charge is -2.05. The molecule has 3 aromatic rings. The van der Waals surface area contributed by atoms with Gasteiger partial charge in [0.05, 0.1) is 11.8 Å². The number of benzene rings is 2. The van der Waals surface area contributed by atoms with Crippen LogP contribution in [0.1, 0.15) is 0 Å². The lowest BCUT2D eigenvalue weighted by atomic mass is 10.1. The van der Waals surface area contributed by atoms with Gasteiger partial charge < -0.3 is 15.8 Å². The average molecular weight is 315 g/mol. The first kappa shape index (κ1) is 13.8. The summed E-state index contributed by atoms with van der Waals surface area (Å²) in [5.41, 5.74) is 8.58. The van der Waals surface area contributed by atoms with Crippen LogP contribution in [0.5, 0.6) is 5.75 Å². The number of nitrogens with two attached hydrogens (primary N) is 1. The number of hydrogen-bond acceptors (Lipinski definition) is 4. The fraction of sp³-hybridized carbons (Fsp3) is 0.0667. The van der Waals surface area contributed by atoms with Gasteiger partial charge in [0.2, 0.25) is 0 Å². The highest BCUT2D eigenvalue weighted by molar-refractivity contribution is 7.80. The minimum atomic E-state index is 0.203. The van der Waals surface area contributed by atoms with Crippen molar-refractivity contribution in [3.05, 3.63) is 42.5 Å². The van der Waals surface area contributed by atoms with Gasteiger partial charge in [0.15, 0.2) is 10.2 Å². The molecule has 0 aliphatic rings. The summed E-state index contributed by atoms with van der Waals surface area (Å²) in [5.74, 6) is 0.733. The summed E-state index contributed by atoms with van der Waals surface area (Å²) < 4.78 is 6.43. The number of thiazole rings is 1. The van der Waals surface area contributed by atoms with E-state index in [2.05, 4.69) is 22.4 Å². The van der Waals surface area contributed by atoms with Gasteiger partial charge >= 0.3 is 0 Å². The SMILES string of the molecule is COc1ccc(-c2ccccc2)c2sc(NC(N)=S)nc12. The quantitative estimate of drug-likeness (QED) is 0.723. The topological polar surface area (TPSA) is 60.2 Å². The van der Waals surface area contributed by atoms with Crippen LogP contribution in [0, 0.1) is 0 Å². The van der Waals surface area contributed by atoms with Crippen molar-refractivity contribution in [3.63, 3.8) is 0 Å². The highest BCUT2D eigenvalue weighted by atomic mass is 32.1. The molecule has 0 aliphatic carbocycles. The molecular formula is C15H13N3OS2. The predicted octanol–water partition coefficient (Wildman–Crippen LogP) is 3.63. The molecule has 0 saturated carbocycles. The lowest BCUT2D eigenvalue weighted by molar-refractivity contribution is 0.419. The Morgan fingerprint density at radius 1 is 1.24 bits per heavy atom. The molecule has 0 amide bonds. The standard InChI is InChI=1S/C15H13N3OS2/c1-19-11-8-7-10(9-5-3-2-4-6-9)13-12(11)17-15(21-13)18-14(16)20/h2-8H,1H3,(H3,16,17,18,20). The van der Waals surface area contributed by atoms with Crippen LogP contribution in [0.3, 0.4) is 0 Å². The molecule has 0 atom stereocenters. The van der Waals surface area contributed by atoms with E-state index in [0.29, 0.717) is 5.13 Å².